The van der Waals surface area contributed by atoms with Crippen molar-refractivity contribution in [2.45, 2.75) is 26.4 Å². The zero-order valence-electron chi connectivity index (χ0n) is 39.9. The summed E-state index contributed by atoms with van der Waals surface area (Å²) in [5, 5.41) is 68.0. The number of rotatable bonds is 4. The molecule has 16 aromatic carbocycles. The van der Waals surface area contributed by atoms with Gasteiger partial charge in [-0.25, -0.2) is 0 Å². The summed E-state index contributed by atoms with van der Waals surface area (Å²) in [6, 6.07) is 76.3. The molecule has 0 radical (unpaired) electrons. The van der Waals surface area contributed by atoms with Gasteiger partial charge in [-0.1, -0.05) is 218 Å². The first-order chi connectivity index (χ1) is 35.5. The molecule has 0 saturated heterocycles. The zero-order valence-corrected chi connectivity index (χ0v) is 41.5. The molecule has 0 spiro atoms. The van der Waals surface area contributed by atoms with Gasteiger partial charge < -0.3 is 20.4 Å². The van der Waals surface area contributed by atoms with Crippen molar-refractivity contribution in [3.63, 3.8) is 0 Å². The van der Waals surface area contributed by atoms with Crippen LogP contribution in [0.1, 0.15) is 22.3 Å². The summed E-state index contributed by atoms with van der Waals surface area (Å²) in [6.45, 7) is 0.366. The van der Waals surface area contributed by atoms with Crippen LogP contribution in [-0.4, -0.2) is 20.4 Å². The van der Waals surface area contributed by atoms with Crippen LogP contribution in [0.2, 0.25) is 0 Å². The monoisotopic (exact) mass is 976 g/mol. The van der Waals surface area contributed by atoms with E-state index >= 15 is 0 Å². The van der Waals surface area contributed by atoms with E-state index in [-0.39, 0.29) is 48.1 Å². The quantitative estimate of drug-likeness (QED) is 0.105. The molecule has 0 aliphatic heterocycles. The topological polar surface area (TPSA) is 80.9 Å². The van der Waals surface area contributed by atoms with Crippen LogP contribution in [0.25, 0.3) is 129 Å². The molecule has 5 heteroatoms. The Morgan fingerprint density at radius 3 is 0.507 bits per heavy atom. The van der Waals surface area contributed by atoms with Crippen LogP contribution in [0.5, 0.6) is 0 Å². The number of aliphatic hydroxyl groups excluding tert-OH is 4. The molecule has 16 rings (SSSR count). The minimum Gasteiger partial charge on any atom is -0.392 e. The van der Waals surface area contributed by atoms with Gasteiger partial charge in [-0.15, -0.1) is 0 Å². The van der Waals surface area contributed by atoms with Gasteiger partial charge in [-0.05, 0) is 152 Å². The van der Waals surface area contributed by atoms with Gasteiger partial charge >= 0.3 is 0 Å². The van der Waals surface area contributed by atoms with Gasteiger partial charge in [-0.3, -0.25) is 0 Å². The third kappa shape index (κ3) is 7.66. The largest absolute Gasteiger partial charge is 0.392 e. The average molecular weight is 977 g/mol. The molecule has 0 saturated carbocycles. The minimum atomic E-state index is 0. The summed E-state index contributed by atoms with van der Waals surface area (Å²) >= 11 is 0. The minimum absolute atomic E-state index is 0. The van der Waals surface area contributed by atoms with Crippen molar-refractivity contribution in [1.82, 2.24) is 0 Å². The number of hydrogen-bond donors (Lipinski definition) is 4. The van der Waals surface area contributed by atoms with Gasteiger partial charge in [0.1, 0.15) is 0 Å². The van der Waals surface area contributed by atoms with Crippen LogP contribution in [0.4, 0.5) is 0 Å². The van der Waals surface area contributed by atoms with Crippen molar-refractivity contribution in [2.24, 2.45) is 0 Å². The number of benzene rings is 16. The zero-order chi connectivity index (χ0) is 48.5. The fraction of sp³-hybridized carbons (Fsp3) is 0.0588. The average Bonchev–Trinajstić information content (AvgIpc) is 3.45. The molecule has 4 nitrogen and oxygen atoms in total. The first kappa shape index (κ1) is 46.3. The molecule has 0 heterocycles. The van der Waals surface area contributed by atoms with Crippen LogP contribution in [0.15, 0.2) is 218 Å². The molecular weight excluding hydrogens is 929 g/mol. The summed E-state index contributed by atoms with van der Waals surface area (Å²) in [6.07, 6.45) is 0. The summed E-state index contributed by atoms with van der Waals surface area (Å²) in [7, 11) is 0. The molecular formula is C68H48O4Ti. The maximum Gasteiger partial charge on any atom is 0.0687 e. The molecule has 0 bridgehead atoms. The van der Waals surface area contributed by atoms with Crippen molar-refractivity contribution >= 4 is 129 Å². The first-order valence-corrected chi connectivity index (χ1v) is 24.6. The maximum atomic E-state index is 9.47. The van der Waals surface area contributed by atoms with E-state index in [1.165, 1.54) is 129 Å². The molecule has 0 atom stereocenters. The van der Waals surface area contributed by atoms with E-state index < -0.39 is 0 Å². The predicted molar refractivity (Wildman–Crippen MR) is 304 cm³/mol. The number of aliphatic hydroxyl groups is 4. The second kappa shape index (κ2) is 19.0. The SMILES string of the molecule is OCc1ccc2ccc3cccc4ccc1c2c34.OCc1ccc2ccc3cccc4ccc1c2c34.OCc1ccc2ccc3cccc4ccc1c2c34.OCc1ccc2ccc3cccc4ccc1c2c34.[Ti]. The number of hydrogen-bond acceptors (Lipinski definition) is 4. The van der Waals surface area contributed by atoms with Gasteiger partial charge in [0.2, 0.25) is 0 Å². The first-order valence-electron chi connectivity index (χ1n) is 24.6. The van der Waals surface area contributed by atoms with Gasteiger partial charge in [0.05, 0.1) is 26.4 Å². The normalized spacial score (nSPS) is 11.7. The molecule has 0 aliphatic carbocycles. The van der Waals surface area contributed by atoms with Crippen LogP contribution in [0, 0.1) is 0 Å². The smallest absolute Gasteiger partial charge is 0.0687 e. The Hall–Kier alpha value is -7.77. The van der Waals surface area contributed by atoms with E-state index in [9.17, 15) is 20.4 Å². The molecule has 16 aromatic rings. The summed E-state index contributed by atoms with van der Waals surface area (Å²) in [5.41, 5.74) is 4.00. The van der Waals surface area contributed by atoms with Crippen molar-refractivity contribution in [3.8, 4) is 0 Å². The van der Waals surface area contributed by atoms with Crippen LogP contribution in [-0.2, 0) is 48.1 Å². The second-order valence-corrected chi connectivity index (χ2v) is 19.0. The van der Waals surface area contributed by atoms with E-state index in [0.29, 0.717) is 0 Å². The Morgan fingerprint density at radius 2 is 0.329 bits per heavy atom. The van der Waals surface area contributed by atoms with Crippen LogP contribution >= 0.6 is 0 Å². The van der Waals surface area contributed by atoms with Crippen molar-refractivity contribution in [2.75, 3.05) is 0 Å². The Balaban J connectivity index is 0.0000000987. The van der Waals surface area contributed by atoms with E-state index in [4.69, 9.17) is 0 Å². The van der Waals surface area contributed by atoms with Gasteiger partial charge in [-0.2, -0.15) is 0 Å². The van der Waals surface area contributed by atoms with Gasteiger partial charge in [0.25, 0.3) is 0 Å². The van der Waals surface area contributed by atoms with Crippen LogP contribution in [0.3, 0.4) is 0 Å². The van der Waals surface area contributed by atoms with Crippen molar-refractivity contribution < 1.29 is 42.1 Å². The van der Waals surface area contributed by atoms with E-state index in [0.717, 1.165) is 22.3 Å². The second-order valence-electron chi connectivity index (χ2n) is 19.0. The molecule has 0 unspecified atom stereocenters. The van der Waals surface area contributed by atoms with Gasteiger partial charge in [0, 0.05) is 21.7 Å². The van der Waals surface area contributed by atoms with Crippen molar-refractivity contribution in [3.05, 3.63) is 241 Å². The fourth-order valence-electron chi connectivity index (χ4n) is 11.7. The third-order valence-corrected chi connectivity index (χ3v) is 15.2. The Bertz CT molecular complexity index is 3980. The van der Waals surface area contributed by atoms with E-state index in [2.05, 4.69) is 194 Å². The maximum absolute atomic E-state index is 9.47. The Morgan fingerprint density at radius 1 is 0.178 bits per heavy atom. The Labute approximate surface area is 435 Å². The molecule has 73 heavy (non-hydrogen) atoms. The third-order valence-electron chi connectivity index (χ3n) is 15.2. The van der Waals surface area contributed by atoms with Crippen LogP contribution < -0.4 is 0 Å². The standard InChI is InChI=1S/4C17H12O.Ti/c4*18-10-14-7-6-13-5-4-11-2-1-3-12-8-9-15(14)17(13)16(11)12;/h4*1-9,18H,10H2;. The summed E-state index contributed by atoms with van der Waals surface area (Å²) in [4.78, 5) is 0. The van der Waals surface area contributed by atoms with E-state index in [1.807, 2.05) is 24.3 Å². The van der Waals surface area contributed by atoms with Gasteiger partial charge in [0.15, 0.2) is 0 Å². The van der Waals surface area contributed by atoms with E-state index in [1.54, 1.807) is 0 Å². The summed E-state index contributed by atoms with van der Waals surface area (Å²) < 4.78 is 0. The molecule has 0 fully saturated rings. The molecule has 0 aromatic heterocycles. The predicted octanol–water partition coefficient (Wildman–Crippen LogP) is 16.3. The molecule has 348 valence electrons. The fourth-order valence-corrected chi connectivity index (χ4v) is 11.7. The molecule has 4 N–H and O–H groups in total. The Kier molecular flexibility index (Phi) is 12.1. The van der Waals surface area contributed by atoms with Crippen molar-refractivity contribution in [1.29, 1.82) is 0 Å². The molecule has 0 aliphatic rings. The molecule has 0 amide bonds. The summed E-state index contributed by atoms with van der Waals surface area (Å²) in [5.74, 6) is 0.